The molecule has 2 amide bonds. The Morgan fingerprint density at radius 1 is 1.14 bits per heavy atom. The van der Waals surface area contributed by atoms with Gasteiger partial charge in [0.2, 0.25) is 0 Å². The molecule has 2 fully saturated rings. The molecule has 146 valence electrons. The van der Waals surface area contributed by atoms with Crippen molar-refractivity contribution < 1.29 is 18.7 Å². The monoisotopic (exact) mass is 382 g/mol. The van der Waals surface area contributed by atoms with Crippen LogP contribution >= 0.6 is 0 Å². The van der Waals surface area contributed by atoms with Gasteiger partial charge in [0, 0.05) is 17.8 Å². The number of rotatable bonds is 2. The maximum atomic E-state index is 13.9. The molecule has 2 aromatic rings. The number of anilines is 1. The standard InChI is InChI=1S/C22H23FN2O3/c1-16-8-9-17(12-19(16)23)21(27)24-11-5-10-22(14-24)15-25(20(26)13-28-22)18-6-3-2-4-7-18/h2-4,6-9,12H,5,10-11,13-15H2,1H3. The minimum absolute atomic E-state index is 0.00388. The summed E-state index contributed by atoms with van der Waals surface area (Å²) in [6, 6.07) is 14.1. The molecule has 0 aliphatic carbocycles. The van der Waals surface area contributed by atoms with E-state index < -0.39 is 5.60 Å². The van der Waals surface area contributed by atoms with E-state index in [4.69, 9.17) is 4.74 Å². The SMILES string of the molecule is Cc1ccc(C(=O)N2CCCC3(C2)CN(c2ccccc2)C(=O)CO3)cc1F. The second kappa shape index (κ2) is 7.36. The van der Waals surface area contributed by atoms with E-state index in [1.54, 1.807) is 28.9 Å². The molecule has 4 rings (SSSR count). The summed E-state index contributed by atoms with van der Waals surface area (Å²) in [5, 5.41) is 0. The Morgan fingerprint density at radius 3 is 2.68 bits per heavy atom. The average Bonchev–Trinajstić information content (AvgIpc) is 2.72. The van der Waals surface area contributed by atoms with Gasteiger partial charge in [-0.1, -0.05) is 24.3 Å². The summed E-state index contributed by atoms with van der Waals surface area (Å²) in [7, 11) is 0. The lowest BCUT2D eigenvalue weighted by molar-refractivity contribution is -0.144. The minimum atomic E-state index is -0.596. The van der Waals surface area contributed by atoms with Gasteiger partial charge in [-0.2, -0.15) is 0 Å². The molecule has 6 heteroatoms. The second-order valence-electron chi connectivity index (χ2n) is 7.58. The van der Waals surface area contributed by atoms with Crippen LogP contribution in [0.25, 0.3) is 0 Å². The van der Waals surface area contributed by atoms with E-state index in [0.717, 1.165) is 18.5 Å². The first kappa shape index (κ1) is 18.6. The Kier molecular flexibility index (Phi) is 4.89. The van der Waals surface area contributed by atoms with Gasteiger partial charge in [0.15, 0.2) is 0 Å². The first-order valence-electron chi connectivity index (χ1n) is 9.52. The number of hydrogen-bond donors (Lipinski definition) is 0. The number of piperidine rings is 1. The largest absolute Gasteiger partial charge is 0.361 e. The molecule has 0 radical (unpaired) electrons. The van der Waals surface area contributed by atoms with Crippen LogP contribution in [-0.2, 0) is 9.53 Å². The number of carbonyl (C=O) groups is 2. The van der Waals surface area contributed by atoms with Crippen molar-refractivity contribution in [3.05, 3.63) is 65.5 Å². The van der Waals surface area contributed by atoms with E-state index in [1.165, 1.54) is 6.07 Å². The lowest BCUT2D eigenvalue weighted by atomic mass is 9.90. The van der Waals surface area contributed by atoms with Crippen molar-refractivity contribution >= 4 is 17.5 Å². The van der Waals surface area contributed by atoms with E-state index in [1.807, 2.05) is 30.3 Å². The highest BCUT2D eigenvalue weighted by atomic mass is 19.1. The molecule has 5 nitrogen and oxygen atoms in total. The molecule has 0 aromatic heterocycles. The zero-order chi connectivity index (χ0) is 19.7. The average molecular weight is 382 g/mol. The van der Waals surface area contributed by atoms with Crippen LogP contribution in [-0.4, -0.2) is 48.6 Å². The summed E-state index contributed by atoms with van der Waals surface area (Å²) in [4.78, 5) is 28.8. The third-order valence-corrected chi connectivity index (χ3v) is 5.56. The maximum Gasteiger partial charge on any atom is 0.254 e. The van der Waals surface area contributed by atoms with Crippen molar-refractivity contribution in [2.24, 2.45) is 0 Å². The van der Waals surface area contributed by atoms with Gasteiger partial charge in [-0.3, -0.25) is 9.59 Å². The fourth-order valence-electron chi connectivity index (χ4n) is 3.98. The Labute approximate surface area is 163 Å². The summed E-state index contributed by atoms with van der Waals surface area (Å²) in [6.07, 6.45) is 1.55. The third kappa shape index (κ3) is 3.52. The molecule has 1 atom stereocenters. The Hall–Kier alpha value is -2.73. The summed E-state index contributed by atoms with van der Waals surface area (Å²) in [5.41, 5.74) is 1.09. The molecule has 1 spiro atoms. The number of morpholine rings is 1. The molecule has 2 heterocycles. The highest BCUT2D eigenvalue weighted by Gasteiger charge is 2.44. The van der Waals surface area contributed by atoms with Crippen LogP contribution in [0.2, 0.25) is 0 Å². The molecule has 2 aromatic carbocycles. The zero-order valence-electron chi connectivity index (χ0n) is 15.9. The highest BCUT2D eigenvalue weighted by Crippen LogP contribution is 2.32. The fourth-order valence-corrected chi connectivity index (χ4v) is 3.98. The summed E-state index contributed by atoms with van der Waals surface area (Å²) in [5.74, 6) is -0.669. The normalized spacial score (nSPS) is 22.6. The van der Waals surface area contributed by atoms with Crippen LogP contribution in [0.4, 0.5) is 10.1 Å². The lowest BCUT2D eigenvalue weighted by Crippen LogP contribution is -2.62. The molecular formula is C22H23FN2O3. The predicted octanol–water partition coefficient (Wildman–Crippen LogP) is 3.17. The lowest BCUT2D eigenvalue weighted by Gasteiger charge is -2.47. The van der Waals surface area contributed by atoms with E-state index in [0.29, 0.717) is 30.8 Å². The number of nitrogens with zero attached hydrogens (tertiary/aromatic N) is 2. The highest BCUT2D eigenvalue weighted by molar-refractivity contribution is 5.96. The molecule has 0 N–H and O–H groups in total. The molecule has 2 aliphatic rings. The number of halogens is 1. The van der Waals surface area contributed by atoms with E-state index >= 15 is 0 Å². The van der Waals surface area contributed by atoms with Crippen LogP contribution in [0.5, 0.6) is 0 Å². The number of amides is 2. The van der Waals surface area contributed by atoms with Gasteiger partial charge < -0.3 is 14.5 Å². The first-order valence-corrected chi connectivity index (χ1v) is 9.52. The van der Waals surface area contributed by atoms with Crippen LogP contribution in [0, 0.1) is 12.7 Å². The van der Waals surface area contributed by atoms with Gasteiger partial charge in [-0.15, -0.1) is 0 Å². The summed E-state index contributed by atoms with van der Waals surface area (Å²) < 4.78 is 19.9. The summed E-state index contributed by atoms with van der Waals surface area (Å²) >= 11 is 0. The second-order valence-corrected chi connectivity index (χ2v) is 7.58. The predicted molar refractivity (Wildman–Crippen MR) is 104 cm³/mol. The van der Waals surface area contributed by atoms with Crippen molar-refractivity contribution in [2.45, 2.75) is 25.4 Å². The van der Waals surface area contributed by atoms with Crippen molar-refractivity contribution in [3.63, 3.8) is 0 Å². The van der Waals surface area contributed by atoms with Crippen LogP contribution in [0.15, 0.2) is 48.5 Å². The Morgan fingerprint density at radius 2 is 1.93 bits per heavy atom. The fraction of sp³-hybridized carbons (Fsp3) is 0.364. The van der Waals surface area contributed by atoms with Gasteiger partial charge in [0.1, 0.15) is 18.0 Å². The minimum Gasteiger partial charge on any atom is -0.361 e. The van der Waals surface area contributed by atoms with Gasteiger partial charge in [0.25, 0.3) is 11.8 Å². The molecule has 0 saturated carbocycles. The van der Waals surface area contributed by atoms with Crippen molar-refractivity contribution in [2.75, 3.05) is 31.1 Å². The molecule has 1 unspecified atom stereocenters. The number of carbonyl (C=O) groups excluding carboxylic acids is 2. The molecule has 2 saturated heterocycles. The van der Waals surface area contributed by atoms with E-state index in [2.05, 4.69) is 0 Å². The number of hydrogen-bond acceptors (Lipinski definition) is 3. The number of para-hydroxylation sites is 1. The van der Waals surface area contributed by atoms with Gasteiger partial charge >= 0.3 is 0 Å². The van der Waals surface area contributed by atoms with Gasteiger partial charge in [-0.05, 0) is 49.6 Å². The van der Waals surface area contributed by atoms with E-state index in [-0.39, 0.29) is 24.2 Å². The Bertz CT molecular complexity index is 902. The molecule has 2 aliphatic heterocycles. The van der Waals surface area contributed by atoms with E-state index in [9.17, 15) is 14.0 Å². The number of benzene rings is 2. The van der Waals surface area contributed by atoms with Crippen molar-refractivity contribution in [1.82, 2.24) is 4.90 Å². The topological polar surface area (TPSA) is 49.9 Å². The van der Waals surface area contributed by atoms with Crippen LogP contribution in [0.3, 0.4) is 0 Å². The van der Waals surface area contributed by atoms with Gasteiger partial charge in [0.05, 0.1) is 13.1 Å². The third-order valence-electron chi connectivity index (χ3n) is 5.56. The number of ether oxygens (including phenoxy) is 1. The van der Waals surface area contributed by atoms with Crippen molar-refractivity contribution in [1.29, 1.82) is 0 Å². The van der Waals surface area contributed by atoms with Crippen molar-refractivity contribution in [3.8, 4) is 0 Å². The molecule has 28 heavy (non-hydrogen) atoms. The van der Waals surface area contributed by atoms with Gasteiger partial charge in [-0.25, -0.2) is 4.39 Å². The van der Waals surface area contributed by atoms with Crippen LogP contribution in [0.1, 0.15) is 28.8 Å². The molecule has 0 bridgehead atoms. The van der Waals surface area contributed by atoms with Crippen LogP contribution < -0.4 is 4.90 Å². The number of likely N-dealkylation sites (tertiary alicyclic amines) is 1. The first-order chi connectivity index (χ1) is 13.5. The Balaban J connectivity index is 1.54. The number of aryl methyl sites for hydroxylation is 1. The maximum absolute atomic E-state index is 13.9. The summed E-state index contributed by atoms with van der Waals surface area (Å²) in [6.45, 7) is 3.05. The molecular weight excluding hydrogens is 359 g/mol. The zero-order valence-corrected chi connectivity index (χ0v) is 15.9. The smallest absolute Gasteiger partial charge is 0.254 e. The quantitative estimate of drug-likeness (QED) is 0.802.